The first-order valence-electron chi connectivity index (χ1n) is 7.27. The van der Waals surface area contributed by atoms with Crippen molar-refractivity contribution in [2.45, 2.75) is 25.9 Å². The lowest BCUT2D eigenvalue weighted by molar-refractivity contribution is 0.102. The van der Waals surface area contributed by atoms with Gasteiger partial charge in [-0.15, -0.1) is 16.4 Å². The summed E-state index contributed by atoms with van der Waals surface area (Å²) in [5.41, 5.74) is 0.855. The van der Waals surface area contributed by atoms with Crippen molar-refractivity contribution in [2.75, 3.05) is 18.4 Å². The standard InChI is InChI=1S/C15H18N4O2S/c1-11-6-7-13(18-17-11)21-12-4-2-8-19(10-12)15(20)16-14-5-3-9-22-14/h3,5-7,9,12H,2,4,8,10H2,1H3,(H,16,20)/t12-/m0/s1. The predicted molar refractivity (Wildman–Crippen MR) is 85.3 cm³/mol. The summed E-state index contributed by atoms with van der Waals surface area (Å²) < 4.78 is 5.83. The molecule has 6 nitrogen and oxygen atoms in total. The molecule has 2 aromatic rings. The van der Waals surface area contributed by atoms with Crippen LogP contribution in [0.15, 0.2) is 29.6 Å². The van der Waals surface area contributed by atoms with E-state index >= 15 is 0 Å². The molecule has 3 heterocycles. The predicted octanol–water partition coefficient (Wildman–Crippen LogP) is 2.92. The van der Waals surface area contributed by atoms with Crippen molar-refractivity contribution in [1.29, 1.82) is 0 Å². The zero-order valence-corrected chi connectivity index (χ0v) is 13.2. The molecule has 0 saturated carbocycles. The first-order chi connectivity index (χ1) is 10.7. The zero-order chi connectivity index (χ0) is 15.4. The second kappa shape index (κ2) is 6.74. The number of aryl methyl sites for hydroxylation is 1. The van der Waals surface area contributed by atoms with Crippen LogP contribution < -0.4 is 10.1 Å². The van der Waals surface area contributed by atoms with E-state index in [2.05, 4.69) is 15.5 Å². The van der Waals surface area contributed by atoms with E-state index < -0.39 is 0 Å². The number of rotatable bonds is 3. The Morgan fingerprint density at radius 3 is 3.05 bits per heavy atom. The van der Waals surface area contributed by atoms with Gasteiger partial charge in [0.05, 0.1) is 17.2 Å². The van der Waals surface area contributed by atoms with Crippen LogP contribution >= 0.6 is 11.3 Å². The number of hydrogen-bond donors (Lipinski definition) is 1. The molecular weight excluding hydrogens is 300 g/mol. The van der Waals surface area contributed by atoms with Gasteiger partial charge in [-0.25, -0.2) is 4.79 Å². The monoisotopic (exact) mass is 318 g/mol. The zero-order valence-electron chi connectivity index (χ0n) is 12.4. The third-order valence-corrected chi connectivity index (χ3v) is 4.26. The van der Waals surface area contributed by atoms with Gasteiger partial charge < -0.3 is 9.64 Å². The highest BCUT2D eigenvalue weighted by Gasteiger charge is 2.25. The molecule has 7 heteroatoms. The van der Waals surface area contributed by atoms with Crippen molar-refractivity contribution in [3.05, 3.63) is 35.3 Å². The number of anilines is 1. The SMILES string of the molecule is Cc1ccc(O[C@H]2CCCN(C(=O)Nc3cccs3)C2)nn1. The Labute approximate surface area is 133 Å². The van der Waals surface area contributed by atoms with Gasteiger partial charge in [0, 0.05) is 12.6 Å². The number of thiophene rings is 1. The van der Waals surface area contributed by atoms with Crippen LogP contribution in [-0.2, 0) is 0 Å². The maximum absolute atomic E-state index is 12.2. The number of likely N-dealkylation sites (tertiary alicyclic amines) is 1. The van der Waals surface area contributed by atoms with Crippen LogP contribution in [0.4, 0.5) is 9.80 Å². The number of nitrogens with zero attached hydrogens (tertiary/aromatic N) is 3. The number of piperidine rings is 1. The Hall–Kier alpha value is -2.15. The van der Waals surface area contributed by atoms with Gasteiger partial charge in [0.1, 0.15) is 6.10 Å². The topological polar surface area (TPSA) is 67.3 Å². The Morgan fingerprint density at radius 1 is 1.41 bits per heavy atom. The summed E-state index contributed by atoms with van der Waals surface area (Å²) in [6.45, 7) is 3.19. The van der Waals surface area contributed by atoms with Crippen molar-refractivity contribution in [3.8, 4) is 5.88 Å². The first-order valence-corrected chi connectivity index (χ1v) is 8.15. The molecule has 0 spiro atoms. The fourth-order valence-electron chi connectivity index (χ4n) is 2.37. The number of carbonyl (C=O) groups is 1. The molecule has 1 N–H and O–H groups in total. The molecule has 1 atom stereocenters. The molecule has 1 aliphatic rings. The van der Waals surface area contributed by atoms with Crippen LogP contribution in [0.5, 0.6) is 5.88 Å². The molecule has 1 fully saturated rings. The molecule has 116 valence electrons. The third-order valence-electron chi connectivity index (χ3n) is 3.48. The van der Waals surface area contributed by atoms with Gasteiger partial charge in [0.15, 0.2) is 0 Å². The molecule has 3 rings (SSSR count). The minimum Gasteiger partial charge on any atom is -0.471 e. The summed E-state index contributed by atoms with van der Waals surface area (Å²) in [7, 11) is 0. The van der Waals surface area contributed by atoms with Crippen molar-refractivity contribution in [1.82, 2.24) is 15.1 Å². The van der Waals surface area contributed by atoms with E-state index in [0.29, 0.717) is 12.4 Å². The Kier molecular flexibility index (Phi) is 4.53. The molecule has 0 aromatic carbocycles. The molecule has 0 aliphatic carbocycles. The molecule has 1 aliphatic heterocycles. The number of nitrogens with one attached hydrogen (secondary N) is 1. The lowest BCUT2D eigenvalue weighted by atomic mass is 10.1. The summed E-state index contributed by atoms with van der Waals surface area (Å²) in [6, 6.07) is 7.41. The maximum atomic E-state index is 12.2. The fraction of sp³-hybridized carbons (Fsp3) is 0.400. The number of amides is 2. The van der Waals surface area contributed by atoms with Crippen molar-refractivity contribution >= 4 is 22.4 Å². The molecule has 0 bridgehead atoms. The summed E-state index contributed by atoms with van der Waals surface area (Å²) in [5.74, 6) is 0.510. The number of aromatic nitrogens is 2. The van der Waals surface area contributed by atoms with Gasteiger partial charge in [-0.2, -0.15) is 5.10 Å². The van der Waals surface area contributed by atoms with Gasteiger partial charge in [-0.1, -0.05) is 0 Å². The van der Waals surface area contributed by atoms with E-state index in [1.807, 2.05) is 36.6 Å². The van der Waals surface area contributed by atoms with E-state index in [0.717, 1.165) is 30.1 Å². The van der Waals surface area contributed by atoms with Crippen molar-refractivity contribution < 1.29 is 9.53 Å². The van der Waals surface area contributed by atoms with Gasteiger partial charge in [0.25, 0.3) is 0 Å². The van der Waals surface area contributed by atoms with Crippen LogP contribution in [0.2, 0.25) is 0 Å². The Bertz CT molecular complexity index is 615. The van der Waals surface area contributed by atoms with Crippen molar-refractivity contribution in [3.63, 3.8) is 0 Å². The fourth-order valence-corrected chi connectivity index (χ4v) is 2.98. The Morgan fingerprint density at radius 2 is 2.32 bits per heavy atom. The molecule has 1 saturated heterocycles. The van der Waals surface area contributed by atoms with Crippen LogP contribution in [0.1, 0.15) is 18.5 Å². The van der Waals surface area contributed by atoms with E-state index in [-0.39, 0.29) is 12.1 Å². The van der Waals surface area contributed by atoms with Crippen LogP contribution in [0.3, 0.4) is 0 Å². The summed E-state index contributed by atoms with van der Waals surface area (Å²) in [6.07, 6.45) is 1.79. The van der Waals surface area contributed by atoms with Gasteiger partial charge in [-0.05, 0) is 43.3 Å². The van der Waals surface area contributed by atoms with Gasteiger partial charge in [-0.3, -0.25) is 5.32 Å². The number of hydrogen-bond acceptors (Lipinski definition) is 5. The normalized spacial score (nSPS) is 18.0. The maximum Gasteiger partial charge on any atom is 0.322 e. The third kappa shape index (κ3) is 3.73. The highest BCUT2D eigenvalue weighted by Crippen LogP contribution is 2.19. The highest BCUT2D eigenvalue weighted by molar-refractivity contribution is 7.14. The van der Waals surface area contributed by atoms with Crippen LogP contribution in [-0.4, -0.2) is 40.3 Å². The number of urea groups is 1. The lowest BCUT2D eigenvalue weighted by Gasteiger charge is -2.32. The summed E-state index contributed by atoms with van der Waals surface area (Å²) in [4.78, 5) is 14.0. The minimum absolute atomic E-state index is 0.0418. The summed E-state index contributed by atoms with van der Waals surface area (Å²) >= 11 is 1.51. The first kappa shape index (κ1) is 14.8. The lowest BCUT2D eigenvalue weighted by Crippen LogP contribution is -2.46. The average Bonchev–Trinajstić information content (AvgIpc) is 3.03. The smallest absolute Gasteiger partial charge is 0.322 e. The minimum atomic E-state index is -0.0780. The van der Waals surface area contributed by atoms with Crippen molar-refractivity contribution in [2.24, 2.45) is 0 Å². The van der Waals surface area contributed by atoms with Gasteiger partial charge in [0.2, 0.25) is 5.88 Å². The number of carbonyl (C=O) groups excluding carboxylic acids is 1. The highest BCUT2D eigenvalue weighted by atomic mass is 32.1. The average molecular weight is 318 g/mol. The van der Waals surface area contributed by atoms with Crippen LogP contribution in [0.25, 0.3) is 0 Å². The molecular formula is C15H18N4O2S. The van der Waals surface area contributed by atoms with E-state index in [9.17, 15) is 4.79 Å². The summed E-state index contributed by atoms with van der Waals surface area (Å²) in [5, 5.41) is 13.7. The molecule has 22 heavy (non-hydrogen) atoms. The van der Waals surface area contributed by atoms with E-state index in [1.165, 1.54) is 11.3 Å². The second-order valence-electron chi connectivity index (χ2n) is 5.25. The van der Waals surface area contributed by atoms with Gasteiger partial charge >= 0.3 is 6.03 Å². The largest absolute Gasteiger partial charge is 0.471 e. The number of ether oxygens (including phenoxy) is 1. The molecule has 0 unspecified atom stereocenters. The van der Waals surface area contributed by atoms with E-state index in [1.54, 1.807) is 4.90 Å². The Balaban J connectivity index is 1.56. The molecule has 2 aromatic heterocycles. The van der Waals surface area contributed by atoms with E-state index in [4.69, 9.17) is 4.74 Å². The second-order valence-corrected chi connectivity index (χ2v) is 6.20. The molecule has 0 radical (unpaired) electrons. The quantitative estimate of drug-likeness (QED) is 0.945. The van der Waals surface area contributed by atoms with Crippen LogP contribution in [0, 0.1) is 6.92 Å². The molecule has 2 amide bonds.